The summed E-state index contributed by atoms with van der Waals surface area (Å²) in [5.74, 6) is -0.759. The van der Waals surface area contributed by atoms with Gasteiger partial charge in [-0.15, -0.1) is 0 Å². The van der Waals surface area contributed by atoms with Gasteiger partial charge in [-0.3, -0.25) is 25.2 Å². The Morgan fingerprint density at radius 3 is 2.36 bits per heavy atom. The first kappa shape index (κ1) is 17.1. The molecule has 0 aliphatic heterocycles. The van der Waals surface area contributed by atoms with Gasteiger partial charge in [-0.25, -0.2) is 4.68 Å². The summed E-state index contributed by atoms with van der Waals surface area (Å²) in [5, 5.41) is 4.93. The summed E-state index contributed by atoms with van der Waals surface area (Å²) in [6, 6.07) is 6.80. The van der Waals surface area contributed by atoms with Gasteiger partial charge in [0.1, 0.15) is 0 Å². The maximum atomic E-state index is 12.5. The number of hydrogen-bond donors (Lipinski definition) is 2. The molecule has 25 heavy (non-hydrogen) atoms. The van der Waals surface area contributed by atoms with Gasteiger partial charge in [0.05, 0.1) is 5.39 Å². The average Bonchev–Trinajstić information content (AvgIpc) is 2.92. The molecule has 7 heteroatoms. The van der Waals surface area contributed by atoms with Crippen molar-refractivity contribution >= 4 is 22.6 Å². The van der Waals surface area contributed by atoms with Crippen LogP contribution >= 0.6 is 0 Å². The van der Waals surface area contributed by atoms with Gasteiger partial charge in [0.15, 0.2) is 5.69 Å². The highest BCUT2D eigenvalue weighted by molar-refractivity contribution is 6.05. The van der Waals surface area contributed by atoms with Crippen molar-refractivity contribution in [2.24, 2.45) is 13.0 Å². The van der Waals surface area contributed by atoms with Gasteiger partial charge in [0.2, 0.25) is 5.91 Å². The largest absolute Gasteiger partial charge is 0.290 e. The fraction of sp³-hybridized carbons (Fsp3) is 0.444. The molecule has 0 saturated heterocycles. The third-order valence-corrected chi connectivity index (χ3v) is 4.70. The summed E-state index contributed by atoms with van der Waals surface area (Å²) in [5.41, 5.74) is 4.79. The number of amides is 2. The van der Waals surface area contributed by atoms with E-state index in [0.717, 1.165) is 43.2 Å². The molecule has 2 aromatic rings. The molecule has 1 heterocycles. The number of carbonyl (C=O) groups excluding carboxylic acids is 2. The summed E-state index contributed by atoms with van der Waals surface area (Å²) in [6.07, 6.45) is 6.09. The van der Waals surface area contributed by atoms with Crippen molar-refractivity contribution in [3.05, 3.63) is 40.3 Å². The molecule has 3 rings (SSSR count). The van der Waals surface area contributed by atoms with E-state index < -0.39 is 5.91 Å². The molecule has 1 aliphatic rings. The van der Waals surface area contributed by atoms with Gasteiger partial charge in [0.25, 0.3) is 11.5 Å². The predicted octanol–water partition coefficient (Wildman–Crippen LogP) is 1.66. The molecule has 0 atom stereocenters. The molecular formula is C18H22N4O3. The fourth-order valence-electron chi connectivity index (χ4n) is 3.29. The van der Waals surface area contributed by atoms with E-state index in [1.807, 2.05) is 0 Å². The smallest absolute Gasteiger partial charge is 0.273 e. The van der Waals surface area contributed by atoms with E-state index in [9.17, 15) is 14.4 Å². The van der Waals surface area contributed by atoms with Crippen LogP contribution in [0.4, 0.5) is 0 Å². The van der Waals surface area contributed by atoms with Crippen LogP contribution in [-0.4, -0.2) is 21.6 Å². The van der Waals surface area contributed by atoms with Crippen LogP contribution in [-0.2, 0) is 11.8 Å². The minimum Gasteiger partial charge on any atom is -0.273 e. The lowest BCUT2D eigenvalue weighted by molar-refractivity contribution is -0.126. The number of hydrazine groups is 1. The molecule has 1 saturated carbocycles. The topological polar surface area (TPSA) is 93.1 Å². The number of nitrogens with zero attached hydrogens (tertiary/aromatic N) is 2. The minimum absolute atomic E-state index is 0.0624. The SMILES string of the molecule is Cn1nc(C(=O)NNC(=O)C2CCCCCC2)c2ccccc2c1=O. The average molecular weight is 342 g/mol. The quantitative estimate of drug-likeness (QED) is 0.641. The molecule has 1 aromatic heterocycles. The van der Waals surface area contributed by atoms with E-state index in [1.165, 1.54) is 7.05 Å². The normalized spacial score (nSPS) is 15.6. The van der Waals surface area contributed by atoms with Gasteiger partial charge in [-0.2, -0.15) is 5.10 Å². The first-order chi connectivity index (χ1) is 12.1. The zero-order chi connectivity index (χ0) is 17.8. The van der Waals surface area contributed by atoms with Crippen LogP contribution in [0, 0.1) is 5.92 Å². The Kier molecular flexibility index (Phi) is 5.11. The van der Waals surface area contributed by atoms with Crippen LogP contribution in [0.1, 0.15) is 49.0 Å². The van der Waals surface area contributed by atoms with Crippen LogP contribution in [0.15, 0.2) is 29.1 Å². The Balaban J connectivity index is 1.75. The van der Waals surface area contributed by atoms with Crippen molar-refractivity contribution in [1.82, 2.24) is 20.6 Å². The van der Waals surface area contributed by atoms with E-state index in [0.29, 0.717) is 10.8 Å². The summed E-state index contributed by atoms with van der Waals surface area (Å²) in [6.45, 7) is 0. The number of aromatic nitrogens is 2. The van der Waals surface area contributed by atoms with Crippen molar-refractivity contribution < 1.29 is 9.59 Å². The Morgan fingerprint density at radius 2 is 1.68 bits per heavy atom. The van der Waals surface area contributed by atoms with Crippen molar-refractivity contribution in [3.8, 4) is 0 Å². The van der Waals surface area contributed by atoms with Gasteiger partial charge in [0, 0.05) is 18.4 Å². The Hall–Kier alpha value is -2.70. The van der Waals surface area contributed by atoms with Gasteiger partial charge in [-0.1, -0.05) is 43.9 Å². The molecule has 0 spiro atoms. The fourth-order valence-corrected chi connectivity index (χ4v) is 3.29. The molecule has 0 unspecified atom stereocenters. The van der Waals surface area contributed by atoms with Gasteiger partial charge >= 0.3 is 0 Å². The molecule has 2 amide bonds. The molecule has 132 valence electrons. The molecule has 1 aliphatic carbocycles. The Labute approximate surface area is 145 Å². The standard InChI is InChI=1S/C18H22N4O3/c1-22-18(25)14-11-7-6-10-13(14)15(21-22)17(24)20-19-16(23)12-8-4-2-3-5-9-12/h6-7,10-12H,2-5,8-9H2,1H3,(H,19,23)(H,20,24). The zero-order valence-corrected chi connectivity index (χ0v) is 14.2. The highest BCUT2D eigenvalue weighted by Gasteiger charge is 2.21. The highest BCUT2D eigenvalue weighted by Crippen LogP contribution is 2.22. The lowest BCUT2D eigenvalue weighted by Gasteiger charge is -2.15. The van der Waals surface area contributed by atoms with Crippen LogP contribution < -0.4 is 16.4 Å². The highest BCUT2D eigenvalue weighted by atomic mass is 16.2. The van der Waals surface area contributed by atoms with Gasteiger partial charge < -0.3 is 0 Å². The summed E-state index contributed by atoms with van der Waals surface area (Å²) in [7, 11) is 1.50. The number of fused-ring (bicyclic) bond motifs is 1. The third-order valence-electron chi connectivity index (χ3n) is 4.70. The third kappa shape index (κ3) is 3.70. The molecule has 1 aromatic carbocycles. The summed E-state index contributed by atoms with van der Waals surface area (Å²) in [4.78, 5) is 36.9. The van der Waals surface area contributed by atoms with Crippen molar-refractivity contribution in [3.63, 3.8) is 0 Å². The second kappa shape index (κ2) is 7.46. The first-order valence-corrected chi connectivity index (χ1v) is 8.64. The van der Waals surface area contributed by atoms with Crippen LogP contribution in [0.5, 0.6) is 0 Å². The number of aryl methyl sites for hydroxylation is 1. The maximum Gasteiger partial charge on any atom is 0.290 e. The monoisotopic (exact) mass is 342 g/mol. The van der Waals surface area contributed by atoms with Crippen molar-refractivity contribution in [2.45, 2.75) is 38.5 Å². The summed E-state index contributed by atoms with van der Waals surface area (Å²) >= 11 is 0. The molecule has 0 radical (unpaired) electrons. The molecule has 0 bridgehead atoms. The van der Waals surface area contributed by atoms with E-state index in [1.54, 1.807) is 24.3 Å². The molecular weight excluding hydrogens is 320 g/mol. The predicted molar refractivity (Wildman–Crippen MR) is 93.8 cm³/mol. The van der Waals surface area contributed by atoms with Gasteiger partial charge in [-0.05, 0) is 18.9 Å². The number of nitrogens with one attached hydrogen (secondary N) is 2. The number of hydrogen-bond acceptors (Lipinski definition) is 4. The molecule has 1 fully saturated rings. The first-order valence-electron chi connectivity index (χ1n) is 8.64. The summed E-state index contributed by atoms with van der Waals surface area (Å²) < 4.78 is 1.13. The molecule has 2 N–H and O–H groups in total. The molecule has 7 nitrogen and oxygen atoms in total. The number of carbonyl (C=O) groups is 2. The number of rotatable bonds is 2. The van der Waals surface area contributed by atoms with E-state index in [4.69, 9.17) is 0 Å². The van der Waals surface area contributed by atoms with E-state index in [2.05, 4.69) is 16.0 Å². The van der Waals surface area contributed by atoms with Crippen LogP contribution in [0.25, 0.3) is 10.8 Å². The van der Waals surface area contributed by atoms with Crippen LogP contribution in [0.2, 0.25) is 0 Å². The number of benzene rings is 1. The zero-order valence-electron chi connectivity index (χ0n) is 14.2. The lowest BCUT2D eigenvalue weighted by Crippen LogP contribution is -2.45. The second-order valence-electron chi connectivity index (χ2n) is 6.45. The Bertz CT molecular complexity index is 851. The van der Waals surface area contributed by atoms with Crippen molar-refractivity contribution in [2.75, 3.05) is 0 Å². The van der Waals surface area contributed by atoms with E-state index >= 15 is 0 Å². The lowest BCUT2D eigenvalue weighted by atomic mass is 10.00. The maximum absolute atomic E-state index is 12.5. The van der Waals surface area contributed by atoms with Crippen molar-refractivity contribution in [1.29, 1.82) is 0 Å². The Morgan fingerprint density at radius 1 is 1.04 bits per heavy atom. The minimum atomic E-state index is -0.534. The van der Waals surface area contributed by atoms with E-state index in [-0.39, 0.29) is 23.1 Å². The van der Waals surface area contributed by atoms with Crippen LogP contribution in [0.3, 0.4) is 0 Å². The second-order valence-corrected chi connectivity index (χ2v) is 6.45.